The van der Waals surface area contributed by atoms with Crippen molar-refractivity contribution in [3.05, 3.63) is 81.7 Å². The van der Waals surface area contributed by atoms with Gasteiger partial charge in [0.1, 0.15) is 17.1 Å². The third kappa shape index (κ3) is 4.13. The molecular weight excluding hydrogens is 400 g/mol. The number of carbonyl (C=O) groups excluding carboxylic acids is 1. The average molecular weight is 418 g/mol. The Morgan fingerprint density at radius 1 is 1.20 bits per heavy atom. The van der Waals surface area contributed by atoms with Gasteiger partial charge < -0.3 is 5.11 Å². The predicted molar refractivity (Wildman–Crippen MR) is 118 cm³/mol. The Labute approximate surface area is 176 Å². The van der Waals surface area contributed by atoms with Crippen molar-refractivity contribution in [1.29, 1.82) is 0 Å². The molecule has 4 rings (SSSR count). The average Bonchev–Trinajstić information content (AvgIpc) is 3.17. The van der Waals surface area contributed by atoms with Crippen LogP contribution in [0.3, 0.4) is 0 Å². The molecule has 150 valence electrons. The monoisotopic (exact) mass is 418 g/mol. The summed E-state index contributed by atoms with van der Waals surface area (Å²) < 4.78 is 1.28. The fourth-order valence-electron chi connectivity index (χ4n) is 2.96. The van der Waals surface area contributed by atoms with Crippen molar-refractivity contribution in [2.45, 2.75) is 13.5 Å². The zero-order chi connectivity index (χ0) is 21.1. The largest absolute Gasteiger partial charge is 0.508 e. The molecular formula is C22H18N4O3S. The third-order valence-electron chi connectivity index (χ3n) is 4.53. The van der Waals surface area contributed by atoms with Crippen LogP contribution < -0.4 is 11.0 Å². The smallest absolute Gasteiger partial charge is 0.263 e. The summed E-state index contributed by atoms with van der Waals surface area (Å²) in [4.78, 5) is 30.2. The maximum absolute atomic E-state index is 13.0. The van der Waals surface area contributed by atoms with E-state index in [9.17, 15) is 14.7 Å². The van der Waals surface area contributed by atoms with Crippen LogP contribution in [0.2, 0.25) is 0 Å². The number of hydrazone groups is 1. The van der Waals surface area contributed by atoms with Crippen molar-refractivity contribution in [1.82, 2.24) is 15.0 Å². The molecule has 0 saturated heterocycles. The molecule has 0 atom stereocenters. The van der Waals surface area contributed by atoms with Crippen molar-refractivity contribution >= 4 is 33.7 Å². The minimum atomic E-state index is -0.444. The molecule has 2 aromatic carbocycles. The molecule has 0 bridgehead atoms. The minimum absolute atomic E-state index is 0.150. The number of nitrogens with zero attached hydrogens (tertiary/aromatic N) is 3. The quantitative estimate of drug-likeness (QED) is 0.384. The van der Waals surface area contributed by atoms with Crippen LogP contribution >= 0.6 is 11.3 Å². The fraction of sp³-hybridized carbons (Fsp3) is 0.0909. The number of hydrogen-bond acceptors (Lipinski definition) is 6. The molecule has 0 radical (unpaired) electrons. The number of aryl methyl sites for hydroxylation is 1. The van der Waals surface area contributed by atoms with Gasteiger partial charge in [-0.1, -0.05) is 29.8 Å². The molecule has 0 spiro atoms. The molecule has 7 nitrogen and oxygen atoms in total. The van der Waals surface area contributed by atoms with Crippen LogP contribution in [0.15, 0.2) is 70.1 Å². The number of aromatic nitrogens is 2. The summed E-state index contributed by atoms with van der Waals surface area (Å²) in [5, 5.41) is 15.6. The summed E-state index contributed by atoms with van der Waals surface area (Å²) in [5.41, 5.74) is 5.73. The Balaban J connectivity index is 1.54. The van der Waals surface area contributed by atoms with E-state index in [1.807, 2.05) is 36.6 Å². The number of nitrogens with one attached hydrogen (secondary N) is 1. The normalized spacial score (nSPS) is 11.2. The maximum Gasteiger partial charge on any atom is 0.263 e. The van der Waals surface area contributed by atoms with E-state index >= 15 is 0 Å². The third-order valence-corrected chi connectivity index (χ3v) is 5.42. The summed E-state index contributed by atoms with van der Waals surface area (Å²) in [6.07, 6.45) is 2.83. The Hall–Kier alpha value is -3.78. The predicted octanol–water partition coefficient (Wildman–Crippen LogP) is 3.29. The van der Waals surface area contributed by atoms with Crippen LogP contribution in [0, 0.1) is 6.92 Å². The Bertz CT molecular complexity index is 1290. The van der Waals surface area contributed by atoms with Crippen molar-refractivity contribution < 1.29 is 9.90 Å². The van der Waals surface area contributed by atoms with E-state index in [0.29, 0.717) is 10.2 Å². The van der Waals surface area contributed by atoms with Gasteiger partial charge in [0, 0.05) is 10.9 Å². The van der Waals surface area contributed by atoms with E-state index in [1.165, 1.54) is 40.6 Å². The highest BCUT2D eigenvalue weighted by atomic mass is 32.1. The van der Waals surface area contributed by atoms with Gasteiger partial charge in [-0.15, -0.1) is 11.3 Å². The second kappa shape index (κ2) is 8.30. The number of benzene rings is 2. The maximum atomic E-state index is 13.0. The molecule has 0 aliphatic rings. The first-order chi connectivity index (χ1) is 14.5. The lowest BCUT2D eigenvalue weighted by Gasteiger charge is -2.05. The summed E-state index contributed by atoms with van der Waals surface area (Å²) in [6, 6.07) is 14.3. The number of carbonyl (C=O) groups is 1. The molecule has 2 N–H and O–H groups in total. The molecule has 1 amide bonds. The zero-order valence-electron chi connectivity index (χ0n) is 16.1. The zero-order valence-corrected chi connectivity index (χ0v) is 16.9. The van der Waals surface area contributed by atoms with Crippen LogP contribution in [0.5, 0.6) is 5.75 Å². The lowest BCUT2D eigenvalue weighted by molar-refractivity contribution is -0.121. The lowest BCUT2D eigenvalue weighted by Crippen LogP contribution is -2.30. The molecule has 0 aliphatic carbocycles. The topological polar surface area (TPSA) is 96.6 Å². The molecule has 30 heavy (non-hydrogen) atoms. The van der Waals surface area contributed by atoms with Crippen LogP contribution in [0.25, 0.3) is 21.3 Å². The number of amides is 1. The molecule has 2 heterocycles. The molecule has 2 aromatic heterocycles. The first-order valence-electron chi connectivity index (χ1n) is 9.16. The van der Waals surface area contributed by atoms with Crippen molar-refractivity contribution in [2.75, 3.05) is 0 Å². The van der Waals surface area contributed by atoms with Crippen molar-refractivity contribution in [3.63, 3.8) is 0 Å². The SMILES string of the molecule is Cc1ccc(-c2csc3ncn(CC(=O)NN=Cc4ccc(O)cc4)c(=O)c23)cc1. The molecule has 4 aromatic rings. The second-order valence-electron chi connectivity index (χ2n) is 6.76. The van der Waals surface area contributed by atoms with Gasteiger partial charge in [-0.25, -0.2) is 10.4 Å². The van der Waals surface area contributed by atoms with Gasteiger partial charge in [-0.2, -0.15) is 5.10 Å². The number of phenolic OH excluding ortho intramolecular Hbond substituents is 1. The van der Waals surface area contributed by atoms with Crippen LogP contribution in [0.4, 0.5) is 0 Å². The number of aromatic hydroxyl groups is 1. The number of phenols is 1. The van der Waals surface area contributed by atoms with E-state index in [2.05, 4.69) is 15.5 Å². The van der Waals surface area contributed by atoms with Crippen molar-refractivity contribution in [3.8, 4) is 16.9 Å². The van der Waals surface area contributed by atoms with Gasteiger partial charge in [0.2, 0.25) is 0 Å². The molecule has 0 unspecified atom stereocenters. The Kier molecular flexibility index (Phi) is 5.40. The van der Waals surface area contributed by atoms with Crippen LogP contribution in [-0.2, 0) is 11.3 Å². The van der Waals surface area contributed by atoms with E-state index in [1.54, 1.807) is 12.1 Å². The van der Waals surface area contributed by atoms with E-state index in [4.69, 9.17) is 0 Å². The molecule has 0 saturated carbocycles. The highest BCUT2D eigenvalue weighted by molar-refractivity contribution is 7.17. The number of hydrogen-bond donors (Lipinski definition) is 2. The summed E-state index contributed by atoms with van der Waals surface area (Å²) in [6.45, 7) is 1.81. The summed E-state index contributed by atoms with van der Waals surface area (Å²) in [5.74, 6) is -0.294. The van der Waals surface area contributed by atoms with Gasteiger partial charge in [-0.3, -0.25) is 14.2 Å². The second-order valence-corrected chi connectivity index (χ2v) is 7.62. The summed E-state index contributed by atoms with van der Waals surface area (Å²) >= 11 is 1.40. The van der Waals surface area contributed by atoms with Crippen molar-refractivity contribution in [2.24, 2.45) is 5.10 Å². The molecule has 0 fully saturated rings. The lowest BCUT2D eigenvalue weighted by atomic mass is 10.1. The van der Waals surface area contributed by atoms with E-state index < -0.39 is 5.91 Å². The first kappa shape index (κ1) is 19.5. The molecule has 0 aliphatic heterocycles. The highest BCUT2D eigenvalue weighted by Crippen LogP contribution is 2.30. The Morgan fingerprint density at radius 3 is 2.67 bits per heavy atom. The van der Waals surface area contributed by atoms with Gasteiger partial charge in [0.25, 0.3) is 11.5 Å². The Morgan fingerprint density at radius 2 is 1.93 bits per heavy atom. The van der Waals surface area contributed by atoms with Gasteiger partial charge in [0.15, 0.2) is 0 Å². The fourth-order valence-corrected chi connectivity index (χ4v) is 3.86. The van der Waals surface area contributed by atoms with Crippen LogP contribution in [-0.4, -0.2) is 26.8 Å². The van der Waals surface area contributed by atoms with Gasteiger partial charge in [-0.05, 0) is 42.3 Å². The number of rotatable bonds is 5. The van der Waals surface area contributed by atoms with E-state index in [-0.39, 0.29) is 17.9 Å². The van der Waals surface area contributed by atoms with Crippen LogP contribution in [0.1, 0.15) is 11.1 Å². The first-order valence-corrected chi connectivity index (χ1v) is 10.0. The minimum Gasteiger partial charge on any atom is -0.508 e. The molecule has 8 heteroatoms. The number of fused-ring (bicyclic) bond motifs is 1. The summed E-state index contributed by atoms with van der Waals surface area (Å²) in [7, 11) is 0. The standard InChI is InChI=1S/C22H18N4O3S/c1-14-2-6-16(7-3-14)18-12-30-21-20(18)22(29)26(13-23-21)11-19(28)25-24-10-15-4-8-17(27)9-5-15/h2-10,12-13,27H,11H2,1H3,(H,25,28). The number of thiophene rings is 1. The van der Waals surface area contributed by atoms with E-state index in [0.717, 1.165) is 22.3 Å². The van der Waals surface area contributed by atoms with Gasteiger partial charge in [0.05, 0.1) is 17.9 Å². The van der Waals surface area contributed by atoms with Gasteiger partial charge >= 0.3 is 0 Å². The highest BCUT2D eigenvalue weighted by Gasteiger charge is 2.14.